The van der Waals surface area contributed by atoms with Gasteiger partial charge >= 0.3 is 0 Å². The fourth-order valence-corrected chi connectivity index (χ4v) is 7.01. The van der Waals surface area contributed by atoms with Crippen molar-refractivity contribution in [1.82, 2.24) is 24.6 Å². The summed E-state index contributed by atoms with van der Waals surface area (Å²) in [6, 6.07) is 12.9. The quantitative estimate of drug-likeness (QED) is 0.343. The summed E-state index contributed by atoms with van der Waals surface area (Å²) in [5.74, 6) is 1.85. The predicted molar refractivity (Wildman–Crippen MR) is 131 cm³/mol. The molecule has 0 bridgehead atoms. The molecule has 1 aliphatic carbocycles. The van der Waals surface area contributed by atoms with Crippen molar-refractivity contribution in [3.63, 3.8) is 0 Å². The molecular weight excluding hydrogens is 458 g/mol. The van der Waals surface area contributed by atoms with Gasteiger partial charge in [-0.25, -0.2) is 4.98 Å². The number of carbonyl (C=O) groups is 1. The molecule has 164 valence electrons. The summed E-state index contributed by atoms with van der Waals surface area (Å²) in [5, 5.41) is 13.0. The number of carbonyl (C=O) groups excluding carboxylic acids is 1. The van der Waals surface area contributed by atoms with Crippen molar-refractivity contribution in [2.75, 3.05) is 18.8 Å². The average Bonchev–Trinajstić information content (AvgIpc) is 3.22. The van der Waals surface area contributed by atoms with Gasteiger partial charge in [0.25, 0.3) is 0 Å². The van der Waals surface area contributed by atoms with E-state index in [1.165, 1.54) is 16.5 Å². The van der Waals surface area contributed by atoms with Crippen LogP contribution in [0, 0.1) is 0 Å². The molecule has 0 radical (unpaired) electrons. The predicted octanol–water partition coefficient (Wildman–Crippen LogP) is 5.45. The Balaban J connectivity index is 1.14. The van der Waals surface area contributed by atoms with Crippen molar-refractivity contribution in [3.8, 4) is 10.7 Å². The van der Waals surface area contributed by atoms with Crippen molar-refractivity contribution in [2.45, 2.75) is 42.8 Å². The zero-order chi connectivity index (χ0) is 21.5. The van der Waals surface area contributed by atoms with E-state index in [9.17, 15) is 4.79 Å². The maximum atomic E-state index is 13.1. The van der Waals surface area contributed by atoms with Gasteiger partial charge in [0.05, 0.1) is 25.9 Å². The van der Waals surface area contributed by atoms with Gasteiger partial charge in [0.15, 0.2) is 11.0 Å². The highest BCUT2D eigenvalue weighted by Crippen LogP contribution is 2.42. The van der Waals surface area contributed by atoms with Crippen molar-refractivity contribution < 1.29 is 4.79 Å². The lowest BCUT2D eigenvalue weighted by atomic mass is 9.99. The first kappa shape index (κ1) is 20.4. The largest absolute Gasteiger partial charge is 0.341 e. The molecule has 1 amide bonds. The van der Waals surface area contributed by atoms with Gasteiger partial charge in [-0.05, 0) is 49.3 Å². The number of thiophene rings is 1. The number of hydrogen-bond acceptors (Lipinski definition) is 7. The number of thioether (sulfide) groups is 1. The monoisotopic (exact) mass is 481 g/mol. The third-order valence-corrected chi connectivity index (χ3v) is 9.07. The smallest absolute Gasteiger partial charge is 0.233 e. The molecule has 0 unspecified atom stereocenters. The molecule has 1 saturated carbocycles. The zero-order valence-corrected chi connectivity index (χ0v) is 20.0. The van der Waals surface area contributed by atoms with Gasteiger partial charge in [0.1, 0.15) is 0 Å². The van der Waals surface area contributed by atoms with E-state index in [0.29, 0.717) is 17.7 Å². The molecule has 32 heavy (non-hydrogen) atoms. The highest BCUT2D eigenvalue weighted by Gasteiger charge is 2.31. The number of aromatic nitrogens is 4. The number of hydrogen-bond donors (Lipinski definition) is 0. The second kappa shape index (κ2) is 8.61. The van der Waals surface area contributed by atoms with Crippen LogP contribution in [0.5, 0.6) is 0 Å². The lowest BCUT2D eigenvalue weighted by Crippen LogP contribution is -2.40. The van der Waals surface area contributed by atoms with E-state index < -0.39 is 0 Å². The van der Waals surface area contributed by atoms with Gasteiger partial charge in [-0.2, -0.15) is 0 Å². The number of rotatable bonds is 6. The van der Waals surface area contributed by atoms with E-state index >= 15 is 0 Å². The molecule has 6 rings (SSSR count). The Bertz CT molecular complexity index is 1210. The molecule has 4 heterocycles. The molecule has 6 nitrogen and oxygen atoms in total. The molecule has 1 saturated heterocycles. The topological polar surface area (TPSA) is 63.9 Å². The fraction of sp³-hybridized carbons (Fsp3) is 0.391. The van der Waals surface area contributed by atoms with Crippen LogP contribution in [-0.2, 0) is 4.79 Å². The molecule has 0 spiro atoms. The normalized spacial score (nSPS) is 19.0. The first-order valence-corrected chi connectivity index (χ1v) is 13.7. The van der Waals surface area contributed by atoms with Gasteiger partial charge in [-0.15, -0.1) is 32.9 Å². The highest BCUT2D eigenvalue weighted by atomic mass is 32.2. The average molecular weight is 482 g/mol. The molecular formula is C23H23N5OS3. The Hall–Kier alpha value is -2.23. The van der Waals surface area contributed by atoms with Crippen molar-refractivity contribution in [2.24, 2.45) is 0 Å². The van der Waals surface area contributed by atoms with E-state index in [1.807, 2.05) is 17.0 Å². The minimum absolute atomic E-state index is 0.184. The zero-order valence-electron chi connectivity index (χ0n) is 17.5. The first-order valence-electron chi connectivity index (χ1n) is 11.0. The van der Waals surface area contributed by atoms with Crippen molar-refractivity contribution in [3.05, 3.63) is 46.8 Å². The van der Waals surface area contributed by atoms with E-state index in [2.05, 4.69) is 44.4 Å². The van der Waals surface area contributed by atoms with Gasteiger partial charge < -0.3 is 4.90 Å². The van der Waals surface area contributed by atoms with Crippen LogP contribution in [0.1, 0.15) is 42.7 Å². The van der Waals surface area contributed by atoms with Crippen LogP contribution in [-0.4, -0.2) is 49.4 Å². The summed E-state index contributed by atoms with van der Waals surface area (Å²) >= 11 is 4.97. The van der Waals surface area contributed by atoms with Crippen LogP contribution in [0.25, 0.3) is 20.9 Å². The lowest BCUT2D eigenvalue weighted by Gasteiger charge is -2.31. The molecule has 1 atom stereocenters. The Morgan fingerprint density at radius 1 is 1.12 bits per heavy atom. The summed E-state index contributed by atoms with van der Waals surface area (Å²) in [4.78, 5) is 21.1. The summed E-state index contributed by atoms with van der Waals surface area (Å²) < 4.78 is 3.46. The standard InChI is InChI=1S/C23H23N5OS3/c29-20(14-31-23-26-25-21(19-8-4-12-30-19)28(23)16-9-10-16)27-11-3-5-15(13-27)22-24-17-6-1-2-7-18(17)32-22/h1-2,4,6-8,12,15-16H,3,5,9-11,13-14H2/t15-/m1/s1. The fourth-order valence-electron chi connectivity index (χ4n) is 4.30. The SMILES string of the molecule is O=C(CSc1nnc(-c2cccs2)n1C1CC1)N1CCC[C@@H](c2nc3ccccc3s2)C1. The van der Waals surface area contributed by atoms with Crippen LogP contribution >= 0.6 is 34.4 Å². The van der Waals surface area contributed by atoms with Gasteiger partial charge in [0, 0.05) is 25.0 Å². The van der Waals surface area contributed by atoms with Gasteiger partial charge in [-0.1, -0.05) is 30.0 Å². The van der Waals surface area contributed by atoms with Crippen LogP contribution in [0.4, 0.5) is 0 Å². The molecule has 4 aromatic rings. The number of para-hydroxylation sites is 1. The molecule has 0 N–H and O–H groups in total. The number of fused-ring (bicyclic) bond motifs is 1. The summed E-state index contributed by atoms with van der Waals surface area (Å²) in [6.07, 6.45) is 4.44. The maximum Gasteiger partial charge on any atom is 0.233 e. The number of nitrogens with zero attached hydrogens (tertiary/aromatic N) is 5. The first-order chi connectivity index (χ1) is 15.8. The number of piperidine rings is 1. The number of amides is 1. The molecule has 1 aliphatic heterocycles. The van der Waals surface area contributed by atoms with Crippen LogP contribution in [0.15, 0.2) is 46.9 Å². The maximum absolute atomic E-state index is 13.1. The molecule has 9 heteroatoms. The van der Waals surface area contributed by atoms with Crippen molar-refractivity contribution in [1.29, 1.82) is 0 Å². The Morgan fingerprint density at radius 2 is 2.03 bits per heavy atom. The van der Waals surface area contributed by atoms with Gasteiger partial charge in [0.2, 0.25) is 5.91 Å². The van der Waals surface area contributed by atoms with Crippen molar-refractivity contribution >= 4 is 50.6 Å². The number of likely N-dealkylation sites (tertiary alicyclic amines) is 1. The van der Waals surface area contributed by atoms with Crippen LogP contribution < -0.4 is 0 Å². The summed E-state index contributed by atoms with van der Waals surface area (Å²) in [7, 11) is 0. The second-order valence-corrected chi connectivity index (χ2v) is 11.3. The minimum atomic E-state index is 0.184. The molecule has 2 aliphatic rings. The Labute approximate surface area is 198 Å². The molecule has 2 fully saturated rings. The van der Waals surface area contributed by atoms with E-state index in [1.54, 1.807) is 22.7 Å². The summed E-state index contributed by atoms with van der Waals surface area (Å²) in [6.45, 7) is 1.59. The van der Waals surface area contributed by atoms with Crippen LogP contribution in [0.3, 0.4) is 0 Å². The lowest BCUT2D eigenvalue weighted by molar-refractivity contribution is -0.129. The third-order valence-electron chi connectivity index (χ3n) is 6.08. The van der Waals surface area contributed by atoms with E-state index in [0.717, 1.165) is 65.2 Å². The Kier molecular flexibility index (Phi) is 5.48. The number of benzene rings is 1. The second-order valence-electron chi connectivity index (χ2n) is 8.37. The van der Waals surface area contributed by atoms with E-state index in [4.69, 9.17) is 4.98 Å². The third kappa shape index (κ3) is 3.97. The minimum Gasteiger partial charge on any atom is -0.341 e. The van der Waals surface area contributed by atoms with Gasteiger partial charge in [-0.3, -0.25) is 9.36 Å². The molecule has 3 aromatic heterocycles. The van der Waals surface area contributed by atoms with Crippen LogP contribution in [0.2, 0.25) is 0 Å². The van der Waals surface area contributed by atoms with E-state index in [-0.39, 0.29) is 5.91 Å². The highest BCUT2D eigenvalue weighted by molar-refractivity contribution is 7.99. The molecule has 1 aromatic carbocycles. The number of thiazole rings is 1. The summed E-state index contributed by atoms with van der Waals surface area (Å²) in [5.41, 5.74) is 1.06. The Morgan fingerprint density at radius 3 is 2.84 bits per heavy atom.